The van der Waals surface area contributed by atoms with Gasteiger partial charge in [-0.1, -0.05) is 127 Å². The monoisotopic (exact) mass is 528 g/mol. The molecule has 0 amide bonds. The maximum Gasteiger partial charge on any atom is 1.00 e. The van der Waals surface area contributed by atoms with Gasteiger partial charge in [0, 0.05) is 22.7 Å². The number of nitrogens with zero attached hydrogens (tertiary/aromatic N) is 2. The molecule has 208 valence electrons. The van der Waals surface area contributed by atoms with Gasteiger partial charge < -0.3 is 9.62 Å². The van der Waals surface area contributed by atoms with E-state index in [1.165, 1.54) is 56.1 Å². The summed E-state index contributed by atoms with van der Waals surface area (Å²) in [5.74, 6) is 2.70. The fourth-order valence-electron chi connectivity index (χ4n) is 5.86. The van der Waals surface area contributed by atoms with Gasteiger partial charge in [-0.25, -0.2) is 0 Å². The Bertz CT molecular complexity index is 1160. The van der Waals surface area contributed by atoms with E-state index in [-0.39, 0.29) is 18.9 Å². The van der Waals surface area contributed by atoms with Gasteiger partial charge in [0.2, 0.25) is 0 Å². The second-order valence-electron chi connectivity index (χ2n) is 13.4. The van der Waals surface area contributed by atoms with Crippen LogP contribution in [0.5, 0.6) is 0 Å². The Labute approximate surface area is 258 Å². The zero-order valence-electron chi connectivity index (χ0n) is 27.6. The quantitative estimate of drug-likeness (QED) is 0.272. The predicted octanol–water partition coefficient (Wildman–Crippen LogP) is 8.26. The van der Waals surface area contributed by atoms with Crippen molar-refractivity contribution in [3.8, 4) is 0 Å². The summed E-state index contributed by atoms with van der Waals surface area (Å²) in [5.41, 5.74) is 13.8. The number of hydrogen-bond donors (Lipinski definition) is 0. The third kappa shape index (κ3) is 6.07. The average Bonchev–Trinajstić information content (AvgIpc) is 3.25. The average molecular weight is 529 g/mol. The molecule has 0 aromatic heterocycles. The molecule has 0 N–H and O–H groups in total. The minimum atomic E-state index is 0. The summed E-state index contributed by atoms with van der Waals surface area (Å²) in [6.07, 6.45) is 0. The van der Waals surface area contributed by atoms with Crippen molar-refractivity contribution in [3.05, 3.63) is 81.9 Å². The van der Waals surface area contributed by atoms with Gasteiger partial charge in [-0.15, -0.1) is 0 Å². The summed E-state index contributed by atoms with van der Waals surface area (Å²) in [7, 11) is 2.38. The van der Waals surface area contributed by atoms with Gasteiger partial charge in [0.15, 0.2) is 0 Å². The molecule has 0 aliphatic carbocycles. The first kappa shape index (κ1) is 32.4. The molecule has 4 heteroatoms. The predicted molar refractivity (Wildman–Crippen MR) is 174 cm³/mol. The Morgan fingerprint density at radius 3 is 0.950 bits per heavy atom. The van der Waals surface area contributed by atoms with Crippen LogP contribution in [-0.2, 0) is 0 Å². The van der Waals surface area contributed by atoms with E-state index in [1.54, 1.807) is 0 Å². The Kier molecular flexibility index (Phi) is 10.4. The molecule has 3 aromatic rings. The molecular formula is C36H50BLiN2. The van der Waals surface area contributed by atoms with Gasteiger partial charge in [-0.3, -0.25) is 0 Å². The molecule has 0 fully saturated rings. The largest absolute Gasteiger partial charge is 1.00 e. The summed E-state index contributed by atoms with van der Waals surface area (Å²) in [6.45, 7) is 27.9. The molecule has 1 aliphatic heterocycles. The number of fused-ring (bicyclic) bond motifs is 1. The molecular weight excluding hydrogens is 478 g/mol. The fourth-order valence-corrected chi connectivity index (χ4v) is 5.86. The third-order valence-electron chi connectivity index (χ3n) is 8.32. The van der Waals surface area contributed by atoms with Crippen LogP contribution in [0.4, 0.5) is 22.7 Å². The zero-order valence-corrected chi connectivity index (χ0v) is 27.6. The minimum Gasteiger partial charge on any atom is -0.557 e. The van der Waals surface area contributed by atoms with E-state index in [9.17, 15) is 0 Å². The molecule has 3 aromatic carbocycles. The minimum absolute atomic E-state index is 0. The molecule has 40 heavy (non-hydrogen) atoms. The van der Waals surface area contributed by atoms with Crippen LogP contribution in [0, 0.1) is 0 Å². The number of para-hydroxylation sites is 2. The number of rotatable bonds is 8. The first-order chi connectivity index (χ1) is 18.3. The van der Waals surface area contributed by atoms with E-state index in [4.69, 9.17) is 0 Å². The fraction of sp³-hybridized carbons (Fsp3) is 0.500. The Balaban J connectivity index is 0.00000441. The van der Waals surface area contributed by atoms with Crippen molar-refractivity contribution in [2.45, 2.75) is 119 Å². The van der Waals surface area contributed by atoms with Crippen LogP contribution in [0.1, 0.15) is 152 Å². The van der Waals surface area contributed by atoms with Gasteiger partial charge in [-0.05, 0) is 81.0 Å². The van der Waals surface area contributed by atoms with Crippen molar-refractivity contribution in [3.63, 3.8) is 0 Å². The van der Waals surface area contributed by atoms with Crippen molar-refractivity contribution in [2.24, 2.45) is 0 Å². The zero-order chi connectivity index (χ0) is 28.8. The van der Waals surface area contributed by atoms with Crippen LogP contribution in [0.3, 0.4) is 0 Å². The van der Waals surface area contributed by atoms with Crippen molar-refractivity contribution >= 4 is 30.3 Å². The van der Waals surface area contributed by atoms with E-state index in [0.29, 0.717) is 35.5 Å². The third-order valence-corrected chi connectivity index (χ3v) is 8.32. The molecule has 0 saturated carbocycles. The van der Waals surface area contributed by atoms with Gasteiger partial charge in [0.1, 0.15) is 0 Å². The Hall–Kier alpha value is -2.08. The van der Waals surface area contributed by atoms with E-state index in [2.05, 4.69) is 149 Å². The van der Waals surface area contributed by atoms with Crippen LogP contribution >= 0.6 is 0 Å². The van der Waals surface area contributed by atoms with Crippen LogP contribution in [0.2, 0.25) is 0 Å². The molecule has 2 nitrogen and oxygen atoms in total. The van der Waals surface area contributed by atoms with Crippen LogP contribution in [0.15, 0.2) is 48.5 Å². The van der Waals surface area contributed by atoms with Crippen molar-refractivity contribution in [2.75, 3.05) is 9.62 Å². The van der Waals surface area contributed by atoms with E-state index in [1.807, 2.05) is 0 Å². The Morgan fingerprint density at radius 2 is 0.725 bits per heavy atom. The van der Waals surface area contributed by atoms with Crippen molar-refractivity contribution < 1.29 is 18.9 Å². The maximum atomic E-state index is 2.49. The number of hydrogen-bond acceptors (Lipinski definition) is 2. The molecule has 1 heterocycles. The summed E-state index contributed by atoms with van der Waals surface area (Å²) in [6, 6.07) is 18.8. The topological polar surface area (TPSA) is 6.48 Å². The van der Waals surface area contributed by atoms with E-state index in [0.717, 1.165) is 0 Å². The Morgan fingerprint density at radius 1 is 0.450 bits per heavy atom. The van der Waals surface area contributed by atoms with Gasteiger partial charge in [0.25, 0.3) is 0 Å². The van der Waals surface area contributed by atoms with Gasteiger partial charge in [-0.2, -0.15) is 0 Å². The maximum absolute atomic E-state index is 2.49. The summed E-state index contributed by atoms with van der Waals surface area (Å²) in [4.78, 5) is 4.99. The first-order valence-corrected chi connectivity index (χ1v) is 15.2. The second kappa shape index (κ2) is 12.8. The number of benzene rings is 3. The van der Waals surface area contributed by atoms with Crippen molar-refractivity contribution in [1.82, 2.24) is 0 Å². The summed E-state index contributed by atoms with van der Waals surface area (Å²) < 4.78 is 0. The number of anilines is 4. The summed E-state index contributed by atoms with van der Waals surface area (Å²) in [5, 5.41) is 0. The van der Waals surface area contributed by atoms with Gasteiger partial charge >= 0.3 is 18.9 Å². The van der Waals surface area contributed by atoms with Crippen LogP contribution in [-0.4, -0.2) is 7.55 Å². The molecule has 0 atom stereocenters. The molecule has 0 spiro atoms. The molecule has 0 saturated heterocycles. The summed E-state index contributed by atoms with van der Waals surface area (Å²) >= 11 is 0. The van der Waals surface area contributed by atoms with Crippen LogP contribution < -0.4 is 28.5 Å². The molecule has 1 aliphatic rings. The SMILES string of the molecule is CC(C)c1cc(C(C)C)c(N2[B-]N(c3c(C(C)C)cc(C(C)C)cc3C(C)C)c3ccccc32)c(C(C)C)c1.[Li+]. The van der Waals surface area contributed by atoms with E-state index >= 15 is 0 Å². The van der Waals surface area contributed by atoms with Crippen molar-refractivity contribution in [1.29, 1.82) is 0 Å². The van der Waals surface area contributed by atoms with Gasteiger partial charge in [0.05, 0.1) is 0 Å². The molecule has 2 radical (unpaired) electrons. The van der Waals surface area contributed by atoms with E-state index < -0.39 is 0 Å². The molecule has 0 unspecified atom stereocenters. The second-order valence-corrected chi connectivity index (χ2v) is 13.4. The van der Waals surface area contributed by atoms with Crippen LogP contribution in [0.25, 0.3) is 0 Å². The normalized spacial score (nSPS) is 13.4. The standard InChI is InChI=1S/C36H50BN2.Li/c1-21(2)27-17-29(23(5)6)35(30(18-27)24(7)8)38-33-15-13-14-16-34(33)39(37-38)36-31(25(9)10)19-28(22(3)4)20-32(36)26(11)12;/h13-26H,1-12H3;/q-1;+1. The molecule has 0 bridgehead atoms. The molecule has 4 rings (SSSR count). The first-order valence-electron chi connectivity index (χ1n) is 15.2. The smallest absolute Gasteiger partial charge is 0.557 e.